The summed E-state index contributed by atoms with van der Waals surface area (Å²) in [7, 11) is 0. The van der Waals surface area contributed by atoms with Crippen molar-refractivity contribution in [3.63, 3.8) is 0 Å². The number of aromatic nitrogens is 1. The second-order valence-electron chi connectivity index (χ2n) is 5.00. The zero-order valence-corrected chi connectivity index (χ0v) is 13.4. The monoisotopic (exact) mass is 368 g/mol. The highest BCUT2D eigenvalue weighted by atomic mass is 79.9. The number of hydrogen-bond donors (Lipinski definition) is 0. The van der Waals surface area contributed by atoms with Gasteiger partial charge in [0.25, 0.3) is 0 Å². The Balaban J connectivity index is 2.02. The highest BCUT2D eigenvalue weighted by Gasteiger charge is 2.36. The van der Waals surface area contributed by atoms with E-state index in [2.05, 4.69) is 25.9 Å². The van der Waals surface area contributed by atoms with Crippen molar-refractivity contribution in [1.82, 2.24) is 4.98 Å². The van der Waals surface area contributed by atoms with E-state index in [0.717, 1.165) is 4.47 Å². The molecule has 1 aliphatic rings. The topological polar surface area (TPSA) is 34.5 Å². The molecular formula is C15H11BrClFN2O. The van der Waals surface area contributed by atoms with Crippen molar-refractivity contribution in [2.45, 2.75) is 12.5 Å². The van der Waals surface area contributed by atoms with Crippen molar-refractivity contribution in [1.29, 1.82) is 0 Å². The smallest absolute Gasteiger partial charge is 0.218 e. The second-order valence-corrected chi connectivity index (χ2v) is 6.35. The Morgan fingerprint density at radius 2 is 2.14 bits per heavy atom. The number of rotatable bonds is 2. The predicted molar refractivity (Wildman–Crippen MR) is 83.2 cm³/mol. The standard InChI is InChI=1S/C15H11BrClFN2O/c1-15(12-5-10(16)2-3-13(12)18)8-21-14(20-15)9-4-11(17)7-19-6-9/h2-7H,8H2,1H3. The zero-order valence-electron chi connectivity index (χ0n) is 11.1. The van der Waals surface area contributed by atoms with Gasteiger partial charge in [0.15, 0.2) is 0 Å². The van der Waals surface area contributed by atoms with Gasteiger partial charge in [-0.25, -0.2) is 9.38 Å². The number of halogens is 3. The summed E-state index contributed by atoms with van der Waals surface area (Å²) in [6.07, 6.45) is 3.15. The number of benzene rings is 1. The minimum Gasteiger partial charge on any atom is -0.474 e. The van der Waals surface area contributed by atoms with Gasteiger partial charge in [0.2, 0.25) is 5.90 Å². The highest BCUT2D eigenvalue weighted by Crippen LogP contribution is 2.35. The first-order valence-electron chi connectivity index (χ1n) is 6.27. The lowest BCUT2D eigenvalue weighted by molar-refractivity contribution is 0.265. The minimum absolute atomic E-state index is 0.266. The second kappa shape index (κ2) is 5.39. The van der Waals surface area contributed by atoms with Crippen LogP contribution in [0.3, 0.4) is 0 Å². The quantitative estimate of drug-likeness (QED) is 0.790. The number of hydrogen-bond acceptors (Lipinski definition) is 3. The fraction of sp³-hybridized carbons (Fsp3) is 0.200. The Morgan fingerprint density at radius 1 is 1.33 bits per heavy atom. The van der Waals surface area contributed by atoms with Crippen LogP contribution in [0.5, 0.6) is 0 Å². The van der Waals surface area contributed by atoms with E-state index >= 15 is 0 Å². The molecule has 0 bridgehead atoms. The number of nitrogens with zero attached hydrogens (tertiary/aromatic N) is 2. The number of ether oxygens (including phenoxy) is 1. The molecule has 21 heavy (non-hydrogen) atoms. The van der Waals surface area contributed by atoms with Crippen LogP contribution >= 0.6 is 27.5 Å². The van der Waals surface area contributed by atoms with E-state index in [4.69, 9.17) is 16.3 Å². The number of aliphatic imine (C=N–C) groups is 1. The molecule has 3 rings (SSSR count). The molecule has 0 amide bonds. The van der Waals surface area contributed by atoms with Gasteiger partial charge in [-0.3, -0.25) is 4.98 Å². The summed E-state index contributed by atoms with van der Waals surface area (Å²) < 4.78 is 20.5. The van der Waals surface area contributed by atoms with Crippen LogP contribution < -0.4 is 0 Å². The summed E-state index contributed by atoms with van der Waals surface area (Å²) in [5, 5.41) is 0.501. The average molecular weight is 370 g/mol. The van der Waals surface area contributed by atoms with Crippen LogP contribution in [0.25, 0.3) is 0 Å². The summed E-state index contributed by atoms with van der Waals surface area (Å²) in [6.45, 7) is 2.10. The molecule has 3 nitrogen and oxygen atoms in total. The molecule has 6 heteroatoms. The molecule has 0 fully saturated rings. The van der Waals surface area contributed by atoms with Crippen molar-refractivity contribution in [3.05, 3.63) is 63.1 Å². The van der Waals surface area contributed by atoms with Crippen LogP contribution in [0.1, 0.15) is 18.1 Å². The summed E-state index contributed by atoms with van der Waals surface area (Å²) >= 11 is 9.27. The minimum atomic E-state index is -0.772. The Bertz CT molecular complexity index is 737. The molecule has 0 spiro atoms. The molecule has 0 N–H and O–H groups in total. The van der Waals surface area contributed by atoms with Crippen molar-refractivity contribution < 1.29 is 9.13 Å². The van der Waals surface area contributed by atoms with Gasteiger partial charge in [-0.2, -0.15) is 0 Å². The largest absolute Gasteiger partial charge is 0.474 e. The van der Waals surface area contributed by atoms with Crippen LogP contribution in [0.2, 0.25) is 5.02 Å². The molecule has 1 aromatic heterocycles. The van der Waals surface area contributed by atoms with Gasteiger partial charge in [0, 0.05) is 22.4 Å². The van der Waals surface area contributed by atoms with Gasteiger partial charge in [0.05, 0.1) is 10.6 Å². The molecule has 0 aliphatic carbocycles. The molecule has 2 aromatic rings. The van der Waals surface area contributed by atoms with Gasteiger partial charge in [-0.15, -0.1) is 0 Å². The number of pyridine rings is 1. The van der Waals surface area contributed by atoms with Crippen molar-refractivity contribution in [3.8, 4) is 0 Å². The van der Waals surface area contributed by atoms with Crippen LogP contribution in [0, 0.1) is 5.82 Å². The van der Waals surface area contributed by atoms with Crippen LogP contribution in [-0.2, 0) is 10.3 Å². The van der Waals surface area contributed by atoms with E-state index in [9.17, 15) is 4.39 Å². The first-order chi connectivity index (χ1) is 9.98. The SMILES string of the molecule is CC1(c2cc(Br)ccc2F)COC(c2cncc(Cl)c2)=N1. The Hall–Kier alpha value is -1.46. The van der Waals surface area contributed by atoms with Crippen LogP contribution in [-0.4, -0.2) is 17.5 Å². The molecule has 108 valence electrons. The van der Waals surface area contributed by atoms with E-state index in [-0.39, 0.29) is 12.4 Å². The Kier molecular flexibility index (Phi) is 3.71. The van der Waals surface area contributed by atoms with E-state index in [1.807, 2.05) is 6.92 Å². The van der Waals surface area contributed by atoms with Gasteiger partial charge in [0.1, 0.15) is 18.0 Å². The van der Waals surface area contributed by atoms with Gasteiger partial charge < -0.3 is 4.74 Å². The Morgan fingerprint density at radius 3 is 2.90 bits per heavy atom. The van der Waals surface area contributed by atoms with E-state index in [0.29, 0.717) is 22.0 Å². The summed E-state index contributed by atoms with van der Waals surface area (Å²) in [5.74, 6) is 0.116. The Labute approximate surface area is 135 Å². The fourth-order valence-corrected chi connectivity index (χ4v) is 2.76. The lowest BCUT2D eigenvalue weighted by atomic mass is 9.93. The normalized spacial score (nSPS) is 21.0. The molecule has 1 aromatic carbocycles. The van der Waals surface area contributed by atoms with Gasteiger partial charge in [-0.1, -0.05) is 27.5 Å². The summed E-state index contributed by atoms with van der Waals surface area (Å²) in [6, 6.07) is 6.51. The molecule has 0 saturated heterocycles. The fourth-order valence-electron chi connectivity index (χ4n) is 2.22. The lowest BCUT2D eigenvalue weighted by Gasteiger charge is -2.19. The molecular weight excluding hydrogens is 359 g/mol. The molecule has 1 atom stereocenters. The van der Waals surface area contributed by atoms with Crippen molar-refractivity contribution >= 4 is 33.4 Å². The summed E-state index contributed by atoms with van der Waals surface area (Å²) in [4.78, 5) is 8.55. The van der Waals surface area contributed by atoms with Crippen molar-refractivity contribution in [2.75, 3.05) is 6.61 Å². The maximum Gasteiger partial charge on any atom is 0.218 e. The zero-order chi connectivity index (χ0) is 15.0. The molecule has 1 unspecified atom stereocenters. The van der Waals surface area contributed by atoms with Crippen molar-refractivity contribution in [2.24, 2.45) is 4.99 Å². The van der Waals surface area contributed by atoms with Crippen LogP contribution in [0.15, 0.2) is 46.1 Å². The van der Waals surface area contributed by atoms with E-state index < -0.39 is 5.54 Å². The third-order valence-corrected chi connectivity index (χ3v) is 4.00. The van der Waals surface area contributed by atoms with Gasteiger partial charge in [-0.05, 0) is 31.2 Å². The van der Waals surface area contributed by atoms with Crippen LogP contribution in [0.4, 0.5) is 4.39 Å². The third-order valence-electron chi connectivity index (χ3n) is 3.30. The first kappa shape index (κ1) is 14.5. The highest BCUT2D eigenvalue weighted by molar-refractivity contribution is 9.10. The van der Waals surface area contributed by atoms with E-state index in [1.54, 1.807) is 24.4 Å². The molecule has 1 aliphatic heterocycles. The maximum absolute atomic E-state index is 14.1. The maximum atomic E-state index is 14.1. The summed E-state index contributed by atoms with van der Waals surface area (Å²) in [5.41, 5.74) is 0.398. The average Bonchev–Trinajstić information content (AvgIpc) is 2.85. The first-order valence-corrected chi connectivity index (χ1v) is 7.44. The molecule has 0 saturated carbocycles. The van der Waals surface area contributed by atoms with E-state index in [1.165, 1.54) is 12.3 Å². The molecule has 0 radical (unpaired) electrons. The van der Waals surface area contributed by atoms with Gasteiger partial charge >= 0.3 is 0 Å². The molecule has 2 heterocycles. The lowest BCUT2D eigenvalue weighted by Crippen LogP contribution is -2.22. The third kappa shape index (κ3) is 2.80. The predicted octanol–water partition coefficient (Wildman–Crippen LogP) is 4.33.